The topological polar surface area (TPSA) is 80.5 Å². The van der Waals surface area contributed by atoms with E-state index in [-0.39, 0.29) is 4.90 Å². The third kappa shape index (κ3) is 1.46. The molecule has 2 N–H and O–H groups in total. The largest absolute Gasteiger partial charge is 0.368 e. The Kier molecular flexibility index (Phi) is 2.34. The van der Waals surface area contributed by atoms with E-state index >= 15 is 0 Å². The first kappa shape index (κ1) is 12.0. The number of nitrogens with zero attached hydrogens (tertiary/aromatic N) is 1. The lowest BCUT2D eigenvalue weighted by Gasteiger charge is -2.23. The molecule has 2 aromatic rings. The summed E-state index contributed by atoms with van der Waals surface area (Å²) in [6.07, 6.45) is 0. The third-order valence-electron chi connectivity index (χ3n) is 3.38. The monoisotopic (exact) mass is 276 g/mol. The van der Waals surface area contributed by atoms with Crippen LogP contribution in [0.5, 0.6) is 0 Å². The van der Waals surface area contributed by atoms with Crippen LogP contribution in [0.4, 0.5) is 5.69 Å². The van der Waals surface area contributed by atoms with E-state index < -0.39 is 22.0 Å². The average Bonchev–Trinajstić information content (AvgIpc) is 2.59. The minimum atomic E-state index is -3.71. The molecule has 5 nitrogen and oxygen atoms in total. The average molecular weight is 276 g/mol. The van der Waals surface area contributed by atoms with Gasteiger partial charge in [-0.1, -0.05) is 24.3 Å². The first-order valence-electron chi connectivity index (χ1n) is 5.80. The van der Waals surface area contributed by atoms with Gasteiger partial charge in [0.25, 0.3) is 10.0 Å². The van der Waals surface area contributed by atoms with Gasteiger partial charge in [-0.05, 0) is 24.4 Å². The molecule has 0 bridgehead atoms. The van der Waals surface area contributed by atoms with E-state index in [0.29, 0.717) is 11.1 Å². The Morgan fingerprint density at radius 2 is 1.84 bits per heavy atom. The lowest BCUT2D eigenvalue weighted by molar-refractivity contribution is -0.118. The number of carbonyl (C=O) groups excluding carboxylic acids is 1. The van der Waals surface area contributed by atoms with Crippen LogP contribution < -0.4 is 10.0 Å². The molecule has 1 amide bonds. The number of carbonyl (C=O) groups is 1. The lowest BCUT2D eigenvalue weighted by Crippen LogP contribution is -2.44. The predicted molar refractivity (Wildman–Crippen MR) is 72.3 cm³/mol. The number of nitrogens with two attached hydrogens (primary N) is 1. The molecule has 3 rings (SSSR count). The van der Waals surface area contributed by atoms with E-state index in [1.54, 1.807) is 24.3 Å². The number of benzene rings is 2. The highest BCUT2D eigenvalue weighted by molar-refractivity contribution is 7.93. The molecule has 0 aliphatic carbocycles. The van der Waals surface area contributed by atoms with E-state index in [0.717, 1.165) is 9.69 Å². The van der Waals surface area contributed by atoms with Crippen molar-refractivity contribution in [2.75, 3.05) is 4.31 Å². The van der Waals surface area contributed by atoms with Gasteiger partial charge < -0.3 is 5.73 Å². The summed E-state index contributed by atoms with van der Waals surface area (Å²) >= 11 is 0. The molecule has 1 aliphatic rings. The zero-order chi connectivity index (χ0) is 13.8. The Morgan fingerprint density at radius 3 is 2.47 bits per heavy atom. The quantitative estimate of drug-likeness (QED) is 0.895. The molecule has 19 heavy (non-hydrogen) atoms. The summed E-state index contributed by atoms with van der Waals surface area (Å²) in [4.78, 5) is 11.6. The Hall–Kier alpha value is -2.08. The number of sulfonamides is 1. The molecule has 98 valence electrons. The summed E-state index contributed by atoms with van der Waals surface area (Å²) < 4.78 is 26.2. The Morgan fingerprint density at radius 1 is 1.21 bits per heavy atom. The van der Waals surface area contributed by atoms with Crippen LogP contribution in [0.1, 0.15) is 6.92 Å². The van der Waals surface area contributed by atoms with Crippen LogP contribution >= 0.6 is 0 Å². The van der Waals surface area contributed by atoms with Gasteiger partial charge in [-0.25, -0.2) is 8.42 Å². The van der Waals surface area contributed by atoms with Crippen molar-refractivity contribution in [2.45, 2.75) is 17.9 Å². The molecule has 0 fully saturated rings. The molecule has 2 aromatic carbocycles. The predicted octanol–water partition coefficient (Wildman–Crippen LogP) is 1.22. The molecule has 0 unspecified atom stereocenters. The smallest absolute Gasteiger partial charge is 0.265 e. The maximum absolute atomic E-state index is 12.5. The Labute approximate surface area is 110 Å². The van der Waals surface area contributed by atoms with Crippen molar-refractivity contribution >= 4 is 32.4 Å². The molecule has 1 aliphatic heterocycles. The Bertz CT molecular complexity index is 793. The minimum Gasteiger partial charge on any atom is -0.368 e. The van der Waals surface area contributed by atoms with Crippen LogP contribution in [0.15, 0.2) is 41.3 Å². The lowest BCUT2D eigenvalue weighted by atomic mass is 10.1. The molecule has 0 aromatic heterocycles. The summed E-state index contributed by atoms with van der Waals surface area (Å²) in [6.45, 7) is 1.49. The third-order valence-corrected chi connectivity index (χ3v) is 5.31. The van der Waals surface area contributed by atoms with Gasteiger partial charge in [-0.3, -0.25) is 9.10 Å². The van der Waals surface area contributed by atoms with Crippen molar-refractivity contribution in [1.82, 2.24) is 0 Å². The van der Waals surface area contributed by atoms with Crippen molar-refractivity contribution in [3.05, 3.63) is 36.4 Å². The van der Waals surface area contributed by atoms with Gasteiger partial charge in [0, 0.05) is 5.39 Å². The standard InChI is InChI=1S/C13H12N2O3S/c1-8(13(14)16)15-10-6-2-4-9-5-3-7-11(12(9)10)19(15,17)18/h2-8H,1H3,(H2,14,16)/t8-/m0/s1. The zero-order valence-corrected chi connectivity index (χ0v) is 11.0. The molecule has 0 saturated carbocycles. The minimum absolute atomic E-state index is 0.230. The van der Waals surface area contributed by atoms with Gasteiger partial charge in [0.05, 0.1) is 10.6 Å². The second-order valence-corrected chi connectivity index (χ2v) is 6.29. The summed E-state index contributed by atoms with van der Waals surface area (Å²) in [5, 5.41) is 1.48. The number of anilines is 1. The molecular formula is C13H12N2O3S. The highest BCUT2D eigenvalue weighted by Gasteiger charge is 2.40. The van der Waals surface area contributed by atoms with Gasteiger partial charge >= 0.3 is 0 Å². The molecule has 0 spiro atoms. The molecule has 6 heteroatoms. The van der Waals surface area contributed by atoms with E-state index in [2.05, 4.69) is 0 Å². The Balaban J connectivity index is 2.39. The summed E-state index contributed by atoms with van der Waals surface area (Å²) in [5.74, 6) is -0.673. The summed E-state index contributed by atoms with van der Waals surface area (Å²) in [6, 6.07) is 9.47. The normalized spacial score (nSPS) is 17.6. The maximum atomic E-state index is 12.5. The van der Waals surface area contributed by atoms with Crippen molar-refractivity contribution in [1.29, 1.82) is 0 Å². The van der Waals surface area contributed by atoms with E-state index in [4.69, 9.17) is 5.73 Å². The fourth-order valence-electron chi connectivity index (χ4n) is 2.45. The van der Waals surface area contributed by atoms with Crippen LogP contribution in [0.3, 0.4) is 0 Å². The SMILES string of the molecule is C[C@@H](C(N)=O)N1c2cccc3cccc(c23)S1(=O)=O. The highest BCUT2D eigenvalue weighted by atomic mass is 32.2. The van der Waals surface area contributed by atoms with Gasteiger partial charge in [-0.2, -0.15) is 0 Å². The summed E-state index contributed by atoms with van der Waals surface area (Å²) in [7, 11) is -3.71. The molecule has 0 saturated heterocycles. The van der Waals surface area contributed by atoms with E-state index in [1.807, 2.05) is 12.1 Å². The first-order valence-corrected chi connectivity index (χ1v) is 7.24. The maximum Gasteiger partial charge on any atom is 0.265 e. The van der Waals surface area contributed by atoms with Crippen LogP contribution in [0, 0.1) is 0 Å². The van der Waals surface area contributed by atoms with Gasteiger partial charge in [0.15, 0.2) is 0 Å². The fourth-order valence-corrected chi connectivity index (χ4v) is 4.33. The number of hydrogen-bond donors (Lipinski definition) is 1. The molecule has 1 heterocycles. The second-order valence-electron chi connectivity index (χ2n) is 4.51. The van der Waals surface area contributed by atoms with Crippen molar-refractivity contribution in [3.8, 4) is 0 Å². The van der Waals surface area contributed by atoms with Crippen LogP contribution in [0.2, 0.25) is 0 Å². The van der Waals surface area contributed by atoms with Crippen LogP contribution in [-0.4, -0.2) is 20.4 Å². The first-order chi connectivity index (χ1) is 8.94. The molecule has 1 atom stereocenters. The van der Waals surface area contributed by atoms with E-state index in [9.17, 15) is 13.2 Å². The van der Waals surface area contributed by atoms with Gasteiger partial charge in [0.2, 0.25) is 5.91 Å². The fraction of sp³-hybridized carbons (Fsp3) is 0.154. The number of hydrogen-bond acceptors (Lipinski definition) is 3. The number of amides is 1. The molecular weight excluding hydrogens is 264 g/mol. The van der Waals surface area contributed by atoms with Gasteiger partial charge in [0.1, 0.15) is 6.04 Å². The van der Waals surface area contributed by atoms with Crippen LogP contribution in [-0.2, 0) is 14.8 Å². The van der Waals surface area contributed by atoms with Crippen molar-refractivity contribution in [2.24, 2.45) is 5.73 Å². The van der Waals surface area contributed by atoms with Gasteiger partial charge in [-0.15, -0.1) is 0 Å². The highest BCUT2D eigenvalue weighted by Crippen LogP contribution is 2.42. The second kappa shape index (κ2) is 3.71. The summed E-state index contributed by atoms with van der Waals surface area (Å²) in [5.41, 5.74) is 5.77. The van der Waals surface area contributed by atoms with Crippen molar-refractivity contribution < 1.29 is 13.2 Å². The van der Waals surface area contributed by atoms with E-state index in [1.165, 1.54) is 6.92 Å². The number of primary amides is 1. The number of rotatable bonds is 2. The molecule has 0 radical (unpaired) electrons. The zero-order valence-electron chi connectivity index (χ0n) is 10.2. The van der Waals surface area contributed by atoms with Crippen LogP contribution in [0.25, 0.3) is 10.8 Å². The van der Waals surface area contributed by atoms with Crippen molar-refractivity contribution in [3.63, 3.8) is 0 Å².